The highest BCUT2D eigenvalue weighted by Gasteiger charge is 2.35. The van der Waals surface area contributed by atoms with E-state index in [-0.39, 0.29) is 6.04 Å². The fraction of sp³-hybridized carbons (Fsp3) is 0.444. The molecule has 1 fully saturated rings. The molecule has 1 atom stereocenters. The maximum atomic E-state index is 12.3. The number of likely N-dealkylation sites (N-methyl/N-ethyl adjacent to an activating group) is 1. The summed E-state index contributed by atoms with van der Waals surface area (Å²) in [5.74, 6) is 1.41. The SMILES string of the molecule is Cc1noc(C)c1CN1CCC(N(C)C2=NS(=O)(=O)c3ccccc32)C1. The van der Waals surface area contributed by atoms with Crippen LogP contribution in [0.1, 0.15) is 29.0 Å². The van der Waals surface area contributed by atoms with Gasteiger partial charge in [-0.15, -0.1) is 4.40 Å². The number of aromatic nitrogens is 1. The highest BCUT2D eigenvalue weighted by atomic mass is 32.2. The van der Waals surface area contributed by atoms with Crippen LogP contribution in [0, 0.1) is 13.8 Å². The van der Waals surface area contributed by atoms with Crippen molar-refractivity contribution in [1.29, 1.82) is 0 Å². The van der Waals surface area contributed by atoms with E-state index in [1.165, 1.54) is 0 Å². The van der Waals surface area contributed by atoms with Gasteiger partial charge in [-0.05, 0) is 32.4 Å². The lowest BCUT2D eigenvalue weighted by Crippen LogP contribution is -2.39. The van der Waals surface area contributed by atoms with Gasteiger partial charge < -0.3 is 9.42 Å². The molecule has 2 aliphatic heterocycles. The van der Waals surface area contributed by atoms with Crippen LogP contribution in [0.15, 0.2) is 38.1 Å². The number of hydrogen-bond donors (Lipinski definition) is 0. The Labute approximate surface area is 153 Å². The Kier molecular flexibility index (Phi) is 4.11. The van der Waals surface area contributed by atoms with E-state index in [9.17, 15) is 8.42 Å². The van der Waals surface area contributed by atoms with Gasteiger partial charge in [0.1, 0.15) is 10.7 Å². The van der Waals surface area contributed by atoms with Crippen LogP contribution in [0.25, 0.3) is 0 Å². The van der Waals surface area contributed by atoms with Gasteiger partial charge in [-0.2, -0.15) is 8.42 Å². The van der Waals surface area contributed by atoms with Crippen LogP contribution in [0.5, 0.6) is 0 Å². The molecular weight excluding hydrogens is 352 g/mol. The van der Waals surface area contributed by atoms with Crippen molar-refractivity contribution in [3.05, 3.63) is 46.8 Å². The van der Waals surface area contributed by atoms with Gasteiger partial charge in [0.15, 0.2) is 5.84 Å². The normalized spacial score (nSPS) is 21.7. The summed E-state index contributed by atoms with van der Waals surface area (Å²) in [6, 6.07) is 7.24. The molecule has 1 unspecified atom stereocenters. The van der Waals surface area contributed by atoms with Crippen LogP contribution < -0.4 is 0 Å². The van der Waals surface area contributed by atoms with Crippen LogP contribution >= 0.6 is 0 Å². The molecule has 8 heteroatoms. The van der Waals surface area contributed by atoms with Crippen LogP contribution in [-0.2, 0) is 16.6 Å². The van der Waals surface area contributed by atoms with Gasteiger partial charge in [-0.25, -0.2) is 0 Å². The van der Waals surface area contributed by atoms with Crippen molar-refractivity contribution in [2.45, 2.75) is 37.8 Å². The first kappa shape index (κ1) is 17.2. The Morgan fingerprint density at radius 2 is 2.08 bits per heavy atom. The average Bonchev–Trinajstić information content (AvgIpc) is 3.28. The largest absolute Gasteiger partial charge is 0.361 e. The molecule has 7 nitrogen and oxygen atoms in total. The smallest absolute Gasteiger partial charge is 0.285 e. The summed E-state index contributed by atoms with van der Waals surface area (Å²) in [5.41, 5.74) is 2.76. The maximum absolute atomic E-state index is 12.3. The summed E-state index contributed by atoms with van der Waals surface area (Å²) in [5, 5.41) is 4.02. The minimum Gasteiger partial charge on any atom is -0.361 e. The minimum atomic E-state index is -3.58. The molecular formula is C18H22N4O3S. The lowest BCUT2D eigenvalue weighted by atomic mass is 10.1. The molecule has 0 bridgehead atoms. The van der Waals surface area contributed by atoms with Crippen molar-refractivity contribution in [2.24, 2.45) is 4.40 Å². The highest BCUT2D eigenvalue weighted by molar-refractivity contribution is 7.90. The molecule has 0 aliphatic carbocycles. The van der Waals surface area contributed by atoms with Crippen LogP contribution in [-0.4, -0.2) is 55.4 Å². The second-order valence-electron chi connectivity index (χ2n) is 6.98. The van der Waals surface area contributed by atoms with Gasteiger partial charge in [0.25, 0.3) is 10.0 Å². The van der Waals surface area contributed by atoms with Crippen molar-refractivity contribution in [2.75, 3.05) is 20.1 Å². The number of nitrogens with zero attached hydrogens (tertiary/aromatic N) is 4. The topological polar surface area (TPSA) is 79.0 Å². The summed E-state index contributed by atoms with van der Waals surface area (Å²) in [4.78, 5) is 4.66. The lowest BCUT2D eigenvalue weighted by molar-refractivity contribution is 0.293. The fourth-order valence-corrected chi connectivity index (χ4v) is 4.98. The first-order valence-corrected chi connectivity index (χ1v) is 10.1. The van der Waals surface area contributed by atoms with E-state index in [1.54, 1.807) is 12.1 Å². The van der Waals surface area contributed by atoms with E-state index >= 15 is 0 Å². The Morgan fingerprint density at radius 3 is 2.81 bits per heavy atom. The zero-order valence-electron chi connectivity index (χ0n) is 15.1. The lowest BCUT2D eigenvalue weighted by Gasteiger charge is -2.26. The van der Waals surface area contributed by atoms with Gasteiger partial charge >= 0.3 is 0 Å². The van der Waals surface area contributed by atoms with Crippen LogP contribution in [0.4, 0.5) is 0 Å². The number of hydrogen-bond acceptors (Lipinski definition) is 6. The first-order chi connectivity index (χ1) is 12.4. The van der Waals surface area contributed by atoms with E-state index in [2.05, 4.69) is 14.5 Å². The second kappa shape index (κ2) is 6.21. The van der Waals surface area contributed by atoms with E-state index in [0.717, 1.165) is 43.1 Å². The van der Waals surface area contributed by atoms with Crippen molar-refractivity contribution in [3.8, 4) is 0 Å². The van der Waals surface area contributed by atoms with Crippen molar-refractivity contribution in [1.82, 2.24) is 15.0 Å². The minimum absolute atomic E-state index is 0.218. The fourth-order valence-electron chi connectivity index (χ4n) is 3.74. The third-order valence-corrected chi connectivity index (χ3v) is 6.63. The standard InChI is InChI=1S/C18H22N4O3S/c1-12-16(13(2)25-19-12)11-22-9-8-14(10-22)21(3)18-15-6-4-5-7-17(15)26(23,24)20-18/h4-7,14H,8-11H2,1-3H3. The van der Waals surface area contributed by atoms with Gasteiger partial charge in [0, 0.05) is 43.9 Å². The number of amidine groups is 1. The molecule has 138 valence electrons. The number of rotatable bonds is 3. The number of fused-ring (bicyclic) bond motifs is 1. The van der Waals surface area contributed by atoms with E-state index in [1.807, 2.05) is 37.9 Å². The van der Waals surface area contributed by atoms with Gasteiger partial charge in [0.05, 0.1) is 5.69 Å². The molecule has 1 saturated heterocycles. The molecule has 0 N–H and O–H groups in total. The summed E-state index contributed by atoms with van der Waals surface area (Å²) in [6.45, 7) is 6.49. The second-order valence-corrected chi connectivity index (χ2v) is 8.55. The molecule has 0 amide bonds. The first-order valence-electron chi connectivity index (χ1n) is 8.68. The zero-order valence-corrected chi connectivity index (χ0v) is 16.0. The zero-order chi connectivity index (χ0) is 18.5. The molecule has 26 heavy (non-hydrogen) atoms. The van der Waals surface area contributed by atoms with Gasteiger partial charge in [-0.1, -0.05) is 17.3 Å². The molecule has 2 aromatic rings. The number of benzene rings is 1. The van der Waals surface area contributed by atoms with Crippen LogP contribution in [0.2, 0.25) is 0 Å². The molecule has 1 aromatic heterocycles. The quantitative estimate of drug-likeness (QED) is 0.817. The Balaban J connectivity index is 1.51. The van der Waals surface area contributed by atoms with E-state index in [4.69, 9.17) is 4.52 Å². The molecule has 3 heterocycles. The number of sulfonamides is 1. The third kappa shape index (κ3) is 2.83. The third-order valence-electron chi connectivity index (χ3n) is 5.30. The average molecular weight is 374 g/mol. The van der Waals surface area contributed by atoms with Crippen molar-refractivity contribution in [3.63, 3.8) is 0 Å². The molecule has 0 spiro atoms. The summed E-state index contributed by atoms with van der Waals surface area (Å²) in [7, 11) is -1.65. The molecule has 4 rings (SSSR count). The van der Waals surface area contributed by atoms with Crippen LogP contribution in [0.3, 0.4) is 0 Å². The van der Waals surface area contributed by atoms with E-state index in [0.29, 0.717) is 16.3 Å². The Hall–Kier alpha value is -2.19. The molecule has 0 radical (unpaired) electrons. The summed E-state index contributed by atoms with van der Waals surface area (Å²) >= 11 is 0. The summed E-state index contributed by atoms with van der Waals surface area (Å²) in [6.07, 6.45) is 0.959. The Morgan fingerprint density at radius 1 is 1.31 bits per heavy atom. The van der Waals surface area contributed by atoms with Gasteiger partial charge in [-0.3, -0.25) is 4.90 Å². The summed E-state index contributed by atoms with van der Waals surface area (Å²) < 4.78 is 33.9. The number of aryl methyl sites for hydroxylation is 2. The van der Waals surface area contributed by atoms with Crippen molar-refractivity contribution >= 4 is 15.9 Å². The molecule has 1 aromatic carbocycles. The maximum Gasteiger partial charge on any atom is 0.285 e. The predicted molar refractivity (Wildman–Crippen MR) is 97.6 cm³/mol. The van der Waals surface area contributed by atoms with Gasteiger partial charge in [0.2, 0.25) is 0 Å². The highest BCUT2D eigenvalue weighted by Crippen LogP contribution is 2.29. The van der Waals surface area contributed by atoms with E-state index < -0.39 is 10.0 Å². The Bertz CT molecular complexity index is 961. The molecule has 0 saturated carbocycles. The monoisotopic (exact) mass is 374 g/mol. The predicted octanol–water partition coefficient (Wildman–Crippen LogP) is 1.95. The number of likely N-dealkylation sites (tertiary alicyclic amines) is 1. The molecule has 2 aliphatic rings. The van der Waals surface area contributed by atoms with Crippen molar-refractivity contribution < 1.29 is 12.9 Å².